The molecule has 0 spiro atoms. The second-order valence-electron chi connectivity index (χ2n) is 6.32. The second-order valence-corrected chi connectivity index (χ2v) is 7.40. The fourth-order valence-corrected chi connectivity index (χ4v) is 4.08. The van der Waals surface area contributed by atoms with Crippen molar-refractivity contribution in [3.8, 4) is 0 Å². The monoisotopic (exact) mass is 388 g/mol. The lowest BCUT2D eigenvalue weighted by Gasteiger charge is -2.16. The van der Waals surface area contributed by atoms with Gasteiger partial charge in [0.15, 0.2) is 11.9 Å². The van der Waals surface area contributed by atoms with Gasteiger partial charge in [0, 0.05) is 5.75 Å². The van der Waals surface area contributed by atoms with Crippen molar-refractivity contribution in [2.24, 2.45) is 0 Å². The molecule has 0 bridgehead atoms. The average Bonchev–Trinajstić information content (AvgIpc) is 3.25. The molecule has 4 atom stereocenters. The van der Waals surface area contributed by atoms with E-state index < -0.39 is 24.5 Å². The van der Waals surface area contributed by atoms with E-state index in [4.69, 9.17) is 4.74 Å². The fourth-order valence-electron chi connectivity index (χ4n) is 3.14. The molecule has 0 aliphatic carbocycles. The van der Waals surface area contributed by atoms with Crippen LogP contribution in [0.15, 0.2) is 48.0 Å². The van der Waals surface area contributed by atoms with E-state index in [1.165, 1.54) is 18.2 Å². The summed E-state index contributed by atoms with van der Waals surface area (Å²) >= 11 is 1.59. The van der Waals surface area contributed by atoms with Crippen molar-refractivity contribution >= 4 is 22.9 Å². The number of hydrogen-bond donors (Lipinski definition) is 3. The van der Waals surface area contributed by atoms with Crippen molar-refractivity contribution in [3.05, 3.63) is 48.5 Å². The highest BCUT2D eigenvalue weighted by molar-refractivity contribution is 7.99. The number of aliphatic hydroxyl groups excluding tert-OH is 3. The van der Waals surface area contributed by atoms with Gasteiger partial charge in [-0.1, -0.05) is 30.3 Å². The van der Waals surface area contributed by atoms with E-state index >= 15 is 0 Å². The first kappa shape index (κ1) is 18.3. The summed E-state index contributed by atoms with van der Waals surface area (Å²) in [7, 11) is 0. The number of aliphatic hydroxyl groups is 3. The van der Waals surface area contributed by atoms with E-state index in [0.29, 0.717) is 11.2 Å². The van der Waals surface area contributed by atoms with Gasteiger partial charge in [-0.3, -0.25) is 4.57 Å². The van der Waals surface area contributed by atoms with Gasteiger partial charge in [0.2, 0.25) is 0 Å². The maximum atomic E-state index is 10.2. The Balaban J connectivity index is 1.53. The van der Waals surface area contributed by atoms with Crippen LogP contribution in [0, 0.1) is 0 Å². The van der Waals surface area contributed by atoms with Gasteiger partial charge >= 0.3 is 0 Å². The van der Waals surface area contributed by atoms with E-state index in [0.717, 1.165) is 17.2 Å². The Bertz CT molecular complexity index is 907. The van der Waals surface area contributed by atoms with Gasteiger partial charge in [0.1, 0.15) is 35.2 Å². The van der Waals surface area contributed by atoms with Gasteiger partial charge in [-0.2, -0.15) is 0 Å². The number of benzene rings is 1. The van der Waals surface area contributed by atoms with E-state index in [-0.39, 0.29) is 6.61 Å². The lowest BCUT2D eigenvalue weighted by Crippen LogP contribution is -2.33. The van der Waals surface area contributed by atoms with E-state index in [2.05, 4.69) is 27.1 Å². The average molecular weight is 388 g/mol. The Hall–Kier alpha value is -2.04. The molecule has 1 aromatic carbocycles. The van der Waals surface area contributed by atoms with Crippen LogP contribution in [0.25, 0.3) is 11.2 Å². The molecule has 3 heterocycles. The highest BCUT2D eigenvalue weighted by Gasteiger charge is 2.44. The first-order valence-corrected chi connectivity index (χ1v) is 9.64. The van der Waals surface area contributed by atoms with Crippen LogP contribution in [0.1, 0.15) is 11.8 Å². The lowest BCUT2D eigenvalue weighted by molar-refractivity contribution is -0.0511. The molecule has 0 radical (unpaired) electrons. The van der Waals surface area contributed by atoms with Crippen LogP contribution in [0.4, 0.5) is 0 Å². The third-order valence-corrected chi connectivity index (χ3v) is 5.57. The summed E-state index contributed by atoms with van der Waals surface area (Å²) in [6, 6.07) is 10.2. The van der Waals surface area contributed by atoms with Crippen molar-refractivity contribution in [3.63, 3.8) is 0 Å². The van der Waals surface area contributed by atoms with E-state index in [9.17, 15) is 15.3 Å². The summed E-state index contributed by atoms with van der Waals surface area (Å²) < 4.78 is 7.14. The minimum atomic E-state index is -1.18. The van der Waals surface area contributed by atoms with Crippen molar-refractivity contribution in [2.75, 3.05) is 12.4 Å². The summed E-state index contributed by atoms with van der Waals surface area (Å²) in [4.78, 5) is 13.0. The molecule has 9 heteroatoms. The Labute approximate surface area is 159 Å². The zero-order chi connectivity index (χ0) is 18.8. The number of thioether (sulfide) groups is 1. The molecular formula is C18H20N4O4S. The predicted molar refractivity (Wildman–Crippen MR) is 99.2 cm³/mol. The smallest absolute Gasteiger partial charge is 0.166 e. The van der Waals surface area contributed by atoms with Crippen LogP contribution in [0.3, 0.4) is 0 Å². The largest absolute Gasteiger partial charge is 0.394 e. The Kier molecular flexibility index (Phi) is 5.37. The molecule has 0 saturated carbocycles. The van der Waals surface area contributed by atoms with Crippen LogP contribution in [0.2, 0.25) is 0 Å². The summed E-state index contributed by atoms with van der Waals surface area (Å²) in [5, 5.41) is 30.2. The van der Waals surface area contributed by atoms with E-state index in [1.54, 1.807) is 16.3 Å². The Morgan fingerprint density at radius 2 is 1.89 bits per heavy atom. The summed E-state index contributed by atoms with van der Waals surface area (Å²) in [5.41, 5.74) is 2.39. The molecule has 3 aromatic rings. The molecule has 4 rings (SSSR count). The minimum absolute atomic E-state index is 0.378. The molecule has 1 aliphatic heterocycles. The van der Waals surface area contributed by atoms with Crippen molar-refractivity contribution in [1.82, 2.24) is 19.5 Å². The number of rotatable bonds is 6. The Morgan fingerprint density at radius 1 is 1.07 bits per heavy atom. The molecule has 2 aromatic heterocycles. The van der Waals surface area contributed by atoms with Gasteiger partial charge in [-0.15, -0.1) is 11.8 Å². The quantitative estimate of drug-likeness (QED) is 0.419. The van der Waals surface area contributed by atoms with Crippen LogP contribution < -0.4 is 0 Å². The summed E-state index contributed by atoms with van der Waals surface area (Å²) in [6.45, 7) is -0.378. The molecule has 3 N–H and O–H groups in total. The number of nitrogens with zero attached hydrogens (tertiary/aromatic N) is 4. The first-order valence-electron chi connectivity index (χ1n) is 8.65. The van der Waals surface area contributed by atoms with Gasteiger partial charge in [-0.05, 0) is 12.0 Å². The molecular weight excluding hydrogens is 368 g/mol. The standard InChI is InChI=1S/C18H20N4O4S/c23-8-12-14(24)15(25)18(26-12)22-10-21-13-16(22)19-9-20-17(13)27-7-6-11-4-2-1-3-5-11/h1-5,9-10,12,14-15,18,23-25H,6-8H2. The predicted octanol–water partition coefficient (Wildman–Crippen LogP) is 0.773. The Morgan fingerprint density at radius 3 is 2.63 bits per heavy atom. The van der Waals surface area contributed by atoms with Crippen molar-refractivity contribution in [1.29, 1.82) is 0 Å². The zero-order valence-corrected chi connectivity index (χ0v) is 15.2. The molecule has 27 heavy (non-hydrogen) atoms. The maximum absolute atomic E-state index is 10.2. The third kappa shape index (κ3) is 3.56. The number of ether oxygens (including phenoxy) is 1. The van der Waals surface area contributed by atoms with Crippen molar-refractivity contribution < 1.29 is 20.1 Å². The minimum Gasteiger partial charge on any atom is -0.394 e. The number of fused-ring (bicyclic) bond motifs is 1. The highest BCUT2D eigenvalue weighted by atomic mass is 32.2. The van der Waals surface area contributed by atoms with Crippen LogP contribution in [-0.2, 0) is 11.2 Å². The SMILES string of the molecule is OCC1OC(n2cnc3c(SCCc4ccccc4)ncnc32)C(O)C1O. The molecule has 1 fully saturated rings. The summed E-state index contributed by atoms with van der Waals surface area (Å²) in [5.74, 6) is 0.844. The zero-order valence-electron chi connectivity index (χ0n) is 14.4. The molecule has 142 valence electrons. The highest BCUT2D eigenvalue weighted by Crippen LogP contribution is 2.32. The lowest BCUT2D eigenvalue weighted by atomic mass is 10.1. The topological polar surface area (TPSA) is 114 Å². The molecule has 8 nitrogen and oxygen atoms in total. The number of imidazole rings is 1. The normalized spacial score (nSPS) is 25.3. The summed E-state index contributed by atoms with van der Waals surface area (Å²) in [6.07, 6.45) is -0.175. The number of aryl methyl sites for hydroxylation is 1. The van der Waals surface area contributed by atoms with E-state index in [1.807, 2.05) is 18.2 Å². The molecule has 4 unspecified atom stereocenters. The van der Waals surface area contributed by atoms with Gasteiger partial charge in [0.25, 0.3) is 0 Å². The van der Waals surface area contributed by atoms with Gasteiger partial charge in [0.05, 0.1) is 12.9 Å². The van der Waals surface area contributed by atoms with Crippen LogP contribution >= 0.6 is 11.8 Å². The van der Waals surface area contributed by atoms with Crippen molar-refractivity contribution in [2.45, 2.75) is 36.0 Å². The fraction of sp³-hybridized carbons (Fsp3) is 0.389. The molecule has 0 amide bonds. The third-order valence-electron chi connectivity index (χ3n) is 4.59. The van der Waals surface area contributed by atoms with Crippen LogP contribution in [0.5, 0.6) is 0 Å². The first-order chi connectivity index (χ1) is 13.2. The number of hydrogen-bond acceptors (Lipinski definition) is 8. The van der Waals surface area contributed by atoms with Gasteiger partial charge in [-0.25, -0.2) is 15.0 Å². The molecule has 1 aliphatic rings. The van der Waals surface area contributed by atoms with Crippen LogP contribution in [-0.4, -0.2) is 65.5 Å². The van der Waals surface area contributed by atoms with Gasteiger partial charge < -0.3 is 20.1 Å². The number of aromatic nitrogens is 4. The second kappa shape index (κ2) is 7.91. The maximum Gasteiger partial charge on any atom is 0.166 e. The molecule has 1 saturated heterocycles.